The van der Waals surface area contributed by atoms with Gasteiger partial charge in [-0.15, -0.1) is 22.7 Å². The van der Waals surface area contributed by atoms with Gasteiger partial charge in [0, 0.05) is 57.8 Å². The van der Waals surface area contributed by atoms with Gasteiger partial charge in [0.25, 0.3) is 0 Å². The standard InChI is InChI=1S/2C15H13IN2S/c2*1-18(2)12-6-3-10(4-7-12)15-17-13-8-5-11(16)9-14(13)19-15/h2*3-9H,1-2H3/i16+4;16-2. The Labute approximate surface area is 258 Å². The Kier molecular flexibility index (Phi) is 8.51. The van der Waals surface area contributed by atoms with Gasteiger partial charge in [0.1, 0.15) is 10.0 Å². The Morgan fingerprint density at radius 1 is 0.605 bits per heavy atom. The molecule has 0 aliphatic heterocycles. The first-order valence-electron chi connectivity index (χ1n) is 11.9. The van der Waals surface area contributed by atoms with Crippen molar-refractivity contribution in [1.29, 1.82) is 0 Å². The SMILES string of the molecule is CN(C)c1ccc(-c2nc3ccc([125I])cc3s2)cc1.CN(C)c1ccc(-c2nc3ccc([131I])cc3s2)cc1. The molecule has 38 heavy (non-hydrogen) atoms. The van der Waals surface area contributed by atoms with Crippen molar-refractivity contribution in [1.82, 2.24) is 9.97 Å². The van der Waals surface area contributed by atoms with Gasteiger partial charge < -0.3 is 9.80 Å². The van der Waals surface area contributed by atoms with E-state index in [1.54, 1.807) is 22.7 Å². The highest BCUT2D eigenvalue weighted by molar-refractivity contribution is 14.1. The van der Waals surface area contributed by atoms with Crippen LogP contribution in [0.3, 0.4) is 0 Å². The van der Waals surface area contributed by atoms with Crippen molar-refractivity contribution in [2.45, 2.75) is 0 Å². The molecule has 0 saturated carbocycles. The van der Waals surface area contributed by atoms with Crippen molar-refractivity contribution in [3.8, 4) is 21.1 Å². The van der Waals surface area contributed by atoms with E-state index in [0.29, 0.717) is 0 Å². The van der Waals surface area contributed by atoms with Crippen LogP contribution in [0.1, 0.15) is 0 Å². The summed E-state index contributed by atoms with van der Waals surface area (Å²) in [6, 6.07) is 29.8. The molecule has 0 spiro atoms. The third kappa shape index (κ3) is 6.30. The highest BCUT2D eigenvalue weighted by Crippen LogP contribution is 2.33. The molecule has 6 aromatic rings. The number of thiazole rings is 2. The fourth-order valence-electron chi connectivity index (χ4n) is 3.85. The van der Waals surface area contributed by atoms with E-state index in [2.05, 4.69) is 168 Å². The van der Waals surface area contributed by atoms with Crippen molar-refractivity contribution in [2.24, 2.45) is 0 Å². The Hall–Kier alpha value is -2.28. The first-order chi connectivity index (χ1) is 18.3. The Morgan fingerprint density at radius 3 is 1.53 bits per heavy atom. The van der Waals surface area contributed by atoms with Gasteiger partial charge in [-0.1, -0.05) is 0 Å². The fourth-order valence-corrected chi connectivity index (χ4v) is 7.27. The summed E-state index contributed by atoms with van der Waals surface area (Å²) in [5.41, 5.74) is 6.94. The van der Waals surface area contributed by atoms with Crippen molar-refractivity contribution in [3.05, 3.63) is 92.1 Å². The maximum absolute atomic E-state index is 4.70. The van der Waals surface area contributed by atoms with Gasteiger partial charge in [0.05, 0.1) is 20.4 Å². The molecule has 2 aromatic heterocycles. The van der Waals surface area contributed by atoms with Gasteiger partial charge in [0.15, 0.2) is 0 Å². The molecule has 8 heteroatoms. The van der Waals surface area contributed by atoms with Gasteiger partial charge in [-0.05, 0) is 130 Å². The van der Waals surface area contributed by atoms with Crippen LogP contribution in [0.25, 0.3) is 41.6 Å². The minimum atomic E-state index is 1.08. The molecule has 6 rings (SSSR count). The van der Waals surface area contributed by atoms with Crippen molar-refractivity contribution in [2.75, 3.05) is 38.0 Å². The Balaban J connectivity index is 0.000000155. The van der Waals surface area contributed by atoms with Gasteiger partial charge in [-0.2, -0.15) is 0 Å². The molecule has 0 saturated heterocycles. The lowest BCUT2D eigenvalue weighted by Crippen LogP contribution is -2.07. The van der Waals surface area contributed by atoms with Crippen molar-refractivity contribution < 1.29 is 0 Å². The summed E-state index contributed by atoms with van der Waals surface area (Å²) >= 11 is 8.17. The van der Waals surface area contributed by atoms with Crippen LogP contribution in [0.15, 0.2) is 84.9 Å². The number of aromatic nitrogens is 2. The largest absolute Gasteiger partial charge is 0.378 e. The minimum absolute atomic E-state index is 1.08. The lowest BCUT2D eigenvalue weighted by molar-refractivity contribution is 1.13. The molecule has 0 aliphatic carbocycles. The molecular formula is C30H26I2N4S2. The number of anilines is 2. The summed E-state index contributed by atoms with van der Waals surface area (Å²) in [6.45, 7) is 0. The highest BCUT2D eigenvalue weighted by atomic mass is 131. The van der Waals surface area contributed by atoms with Crippen LogP contribution in [0.2, 0.25) is 0 Å². The maximum Gasteiger partial charge on any atom is 0.124 e. The average molecular weight is 763 g/mol. The summed E-state index contributed by atoms with van der Waals surface area (Å²) in [4.78, 5) is 13.6. The molecular weight excluding hydrogens is 736 g/mol. The minimum Gasteiger partial charge on any atom is -0.378 e. The van der Waals surface area contributed by atoms with Crippen LogP contribution in [0.4, 0.5) is 11.4 Å². The normalized spacial score (nSPS) is 10.9. The summed E-state index contributed by atoms with van der Waals surface area (Å²) in [6.07, 6.45) is 0. The smallest absolute Gasteiger partial charge is 0.124 e. The van der Waals surface area contributed by atoms with E-state index in [-0.39, 0.29) is 0 Å². The Morgan fingerprint density at radius 2 is 1.05 bits per heavy atom. The molecule has 0 atom stereocenters. The van der Waals surface area contributed by atoms with Crippen molar-refractivity contribution in [3.63, 3.8) is 0 Å². The molecule has 2 heterocycles. The summed E-state index contributed by atoms with van der Waals surface area (Å²) < 4.78 is 5.00. The van der Waals surface area contributed by atoms with E-state index in [1.165, 1.54) is 39.0 Å². The molecule has 4 aromatic carbocycles. The molecule has 0 unspecified atom stereocenters. The first-order valence-corrected chi connectivity index (χ1v) is 15.7. The van der Waals surface area contributed by atoms with Crippen LogP contribution < -0.4 is 9.80 Å². The Bertz CT molecular complexity index is 1560. The number of rotatable bonds is 4. The van der Waals surface area contributed by atoms with E-state index in [0.717, 1.165) is 21.0 Å². The zero-order valence-corrected chi connectivity index (χ0v) is 27.4. The lowest BCUT2D eigenvalue weighted by atomic mass is 10.2. The summed E-state index contributed by atoms with van der Waals surface area (Å²) in [5, 5.41) is 2.17. The molecule has 0 N–H and O–H groups in total. The monoisotopic (exact) mass is 762 g/mol. The molecule has 192 valence electrons. The highest BCUT2D eigenvalue weighted by Gasteiger charge is 2.08. The number of hydrogen-bond acceptors (Lipinski definition) is 6. The van der Waals surface area contributed by atoms with Gasteiger partial charge in [0.2, 0.25) is 0 Å². The van der Waals surface area contributed by atoms with E-state index >= 15 is 0 Å². The number of halogens is 2. The summed E-state index contributed by atoms with van der Waals surface area (Å²) in [7, 11) is 8.20. The fraction of sp³-hybridized carbons (Fsp3) is 0.133. The van der Waals surface area contributed by atoms with E-state index < -0.39 is 0 Å². The number of nitrogens with zero attached hydrogens (tertiary/aromatic N) is 4. The van der Waals surface area contributed by atoms with E-state index in [4.69, 9.17) is 9.97 Å². The van der Waals surface area contributed by atoms with Crippen LogP contribution >= 0.6 is 67.9 Å². The predicted octanol–water partition coefficient (Wildman–Crippen LogP) is 9.27. The number of fused-ring (bicyclic) bond motifs is 2. The van der Waals surface area contributed by atoms with Crippen LogP contribution in [0, 0.1) is 7.14 Å². The van der Waals surface area contributed by atoms with Gasteiger partial charge in [-0.25, -0.2) is 9.97 Å². The second kappa shape index (κ2) is 11.8. The second-order valence-electron chi connectivity index (χ2n) is 9.14. The molecule has 0 fully saturated rings. The second-order valence-corrected chi connectivity index (χ2v) is 13.7. The molecule has 0 radical (unpaired) electrons. The quantitative estimate of drug-likeness (QED) is 0.168. The predicted molar refractivity (Wildman–Crippen MR) is 184 cm³/mol. The molecule has 4 nitrogen and oxygen atoms in total. The topological polar surface area (TPSA) is 32.3 Å². The molecule has 0 amide bonds. The first kappa shape index (κ1) is 27.3. The third-order valence-corrected chi connectivity index (χ3v) is 9.44. The van der Waals surface area contributed by atoms with E-state index in [9.17, 15) is 0 Å². The third-order valence-electron chi connectivity index (χ3n) is 5.96. The van der Waals surface area contributed by atoms with Gasteiger partial charge in [-0.3, -0.25) is 0 Å². The number of hydrogen-bond donors (Lipinski definition) is 0. The van der Waals surface area contributed by atoms with E-state index in [1.807, 2.05) is 0 Å². The maximum atomic E-state index is 4.70. The molecule has 0 aliphatic rings. The number of benzene rings is 4. The van der Waals surface area contributed by atoms with Crippen LogP contribution in [-0.2, 0) is 0 Å². The van der Waals surface area contributed by atoms with Gasteiger partial charge >= 0.3 is 0 Å². The summed E-state index contributed by atoms with van der Waals surface area (Å²) in [5.74, 6) is 0. The average Bonchev–Trinajstić information content (AvgIpc) is 3.53. The molecule has 0 bridgehead atoms. The van der Waals surface area contributed by atoms with Crippen LogP contribution in [-0.4, -0.2) is 38.2 Å². The van der Waals surface area contributed by atoms with Crippen molar-refractivity contribution >= 4 is 99.7 Å². The van der Waals surface area contributed by atoms with Crippen LogP contribution in [0.5, 0.6) is 0 Å². The zero-order valence-electron chi connectivity index (χ0n) is 21.4. The lowest BCUT2D eigenvalue weighted by Gasteiger charge is -2.11. The zero-order chi connectivity index (χ0) is 26.8.